The van der Waals surface area contributed by atoms with E-state index in [1.165, 1.54) is 0 Å². The summed E-state index contributed by atoms with van der Waals surface area (Å²) in [5.41, 5.74) is 1.66. The van der Waals surface area contributed by atoms with E-state index in [4.69, 9.17) is 37.4 Å². The molecule has 3 aromatic rings. The van der Waals surface area contributed by atoms with Crippen LogP contribution in [0.25, 0.3) is 11.0 Å². The van der Waals surface area contributed by atoms with Crippen molar-refractivity contribution >= 4 is 34.2 Å². The molecule has 1 aliphatic rings. The van der Waals surface area contributed by atoms with Gasteiger partial charge in [0.1, 0.15) is 11.6 Å². The number of halogens is 2. The van der Waals surface area contributed by atoms with Crippen molar-refractivity contribution in [3.63, 3.8) is 0 Å². The smallest absolute Gasteiger partial charge is 0.231 e. The molecule has 1 aliphatic heterocycles. The molecule has 1 N–H and O–H groups in total. The molecule has 0 spiro atoms. The second-order valence-electron chi connectivity index (χ2n) is 5.18. The van der Waals surface area contributed by atoms with Gasteiger partial charge in [0, 0.05) is 17.2 Å². The maximum atomic E-state index is 6.13. The van der Waals surface area contributed by atoms with Gasteiger partial charge in [-0.1, -0.05) is 23.2 Å². The lowest BCUT2D eigenvalue weighted by atomic mass is 10.3. The van der Waals surface area contributed by atoms with Gasteiger partial charge in [0.05, 0.1) is 16.1 Å². The molecule has 2 aromatic carbocycles. The molecular weight excluding hydrogens is 339 g/mol. The summed E-state index contributed by atoms with van der Waals surface area (Å²) >= 11 is 12.0. The molecule has 0 radical (unpaired) electrons. The molecule has 23 heavy (non-hydrogen) atoms. The summed E-state index contributed by atoms with van der Waals surface area (Å²) in [6, 6.07) is 8.83. The molecule has 118 valence electrons. The van der Waals surface area contributed by atoms with Crippen molar-refractivity contribution < 1.29 is 14.2 Å². The zero-order chi connectivity index (χ0) is 16.0. The van der Waals surface area contributed by atoms with Gasteiger partial charge < -0.3 is 19.2 Å². The number of H-pyrrole nitrogens is 1. The monoisotopic (exact) mass is 350 g/mol. The number of benzene rings is 2. The fourth-order valence-corrected chi connectivity index (χ4v) is 2.88. The minimum atomic E-state index is -0.308. The third-order valence-electron chi connectivity index (χ3n) is 3.58. The molecule has 1 atom stereocenters. The summed E-state index contributed by atoms with van der Waals surface area (Å²) in [7, 11) is 0. The van der Waals surface area contributed by atoms with Gasteiger partial charge in [-0.3, -0.25) is 0 Å². The van der Waals surface area contributed by atoms with Crippen LogP contribution in [-0.2, 0) is 0 Å². The number of hydrogen-bond acceptors (Lipinski definition) is 4. The second-order valence-corrected chi connectivity index (χ2v) is 6.02. The number of nitrogens with zero attached hydrogens (tertiary/aromatic N) is 1. The van der Waals surface area contributed by atoms with Crippen LogP contribution < -0.4 is 14.2 Å². The summed E-state index contributed by atoms with van der Waals surface area (Å²) in [6.45, 7) is 2.13. The van der Waals surface area contributed by atoms with E-state index in [2.05, 4.69) is 9.97 Å². The van der Waals surface area contributed by atoms with Crippen LogP contribution in [0, 0.1) is 0 Å². The maximum Gasteiger partial charge on any atom is 0.231 e. The van der Waals surface area contributed by atoms with Crippen LogP contribution in [0.1, 0.15) is 18.9 Å². The number of fused-ring (bicyclic) bond motifs is 2. The lowest BCUT2D eigenvalue weighted by Crippen LogP contribution is -2.05. The summed E-state index contributed by atoms with van der Waals surface area (Å²) in [4.78, 5) is 7.78. The largest absolute Gasteiger partial charge is 0.481 e. The Morgan fingerprint density at radius 3 is 2.74 bits per heavy atom. The maximum absolute atomic E-state index is 6.13. The van der Waals surface area contributed by atoms with Crippen LogP contribution in [0.15, 0.2) is 30.3 Å². The van der Waals surface area contributed by atoms with E-state index in [1.807, 2.05) is 19.1 Å². The molecular formula is C16H12Cl2N2O3. The van der Waals surface area contributed by atoms with E-state index >= 15 is 0 Å². The fraction of sp³-hybridized carbons (Fsp3) is 0.188. The lowest BCUT2D eigenvalue weighted by Gasteiger charge is -2.13. The normalized spacial score (nSPS) is 14.2. The predicted molar refractivity (Wildman–Crippen MR) is 87.7 cm³/mol. The van der Waals surface area contributed by atoms with Crippen molar-refractivity contribution in [1.29, 1.82) is 0 Å². The molecule has 4 rings (SSSR count). The highest BCUT2D eigenvalue weighted by molar-refractivity contribution is 6.35. The number of rotatable bonds is 3. The predicted octanol–water partition coefficient (Wildman–Crippen LogP) is 4.74. The third-order valence-corrected chi connectivity index (χ3v) is 4.11. The number of ether oxygens (including phenoxy) is 3. The van der Waals surface area contributed by atoms with Crippen LogP contribution in [0.2, 0.25) is 10.0 Å². The van der Waals surface area contributed by atoms with Crippen molar-refractivity contribution in [1.82, 2.24) is 9.97 Å². The standard InChI is InChI=1S/C16H12Cl2N2O3/c1-8(23-13-3-2-9(17)4-10(13)18)16-19-11-5-14-15(22-7-21-14)6-12(11)20-16/h2-6,8H,7H2,1H3,(H,19,20). The summed E-state index contributed by atoms with van der Waals surface area (Å²) in [5, 5.41) is 1.02. The summed E-state index contributed by atoms with van der Waals surface area (Å²) in [5.74, 6) is 2.65. The van der Waals surface area contributed by atoms with Gasteiger partial charge in [-0.15, -0.1) is 0 Å². The number of aromatic nitrogens is 2. The van der Waals surface area contributed by atoms with E-state index in [9.17, 15) is 0 Å². The lowest BCUT2D eigenvalue weighted by molar-refractivity contribution is 0.174. The van der Waals surface area contributed by atoms with Crippen LogP contribution in [-0.4, -0.2) is 16.8 Å². The van der Waals surface area contributed by atoms with Gasteiger partial charge in [0.15, 0.2) is 17.6 Å². The molecule has 7 heteroatoms. The molecule has 5 nitrogen and oxygen atoms in total. The first kappa shape index (κ1) is 14.5. The van der Waals surface area contributed by atoms with E-state index in [1.54, 1.807) is 18.2 Å². The van der Waals surface area contributed by atoms with Crippen LogP contribution in [0.4, 0.5) is 0 Å². The van der Waals surface area contributed by atoms with E-state index < -0.39 is 0 Å². The van der Waals surface area contributed by atoms with Gasteiger partial charge >= 0.3 is 0 Å². The van der Waals surface area contributed by atoms with Gasteiger partial charge in [0.2, 0.25) is 6.79 Å². The van der Waals surface area contributed by atoms with Crippen LogP contribution in [0.3, 0.4) is 0 Å². The van der Waals surface area contributed by atoms with Crippen molar-refractivity contribution in [2.75, 3.05) is 6.79 Å². The fourth-order valence-electron chi connectivity index (χ4n) is 2.43. The first-order valence-corrected chi connectivity index (χ1v) is 7.77. The van der Waals surface area contributed by atoms with E-state index in [-0.39, 0.29) is 12.9 Å². The highest BCUT2D eigenvalue weighted by Gasteiger charge is 2.19. The molecule has 0 bridgehead atoms. The minimum Gasteiger partial charge on any atom is -0.481 e. The summed E-state index contributed by atoms with van der Waals surface area (Å²) < 4.78 is 16.6. The average Bonchev–Trinajstić information content (AvgIpc) is 3.12. The van der Waals surface area contributed by atoms with Crippen molar-refractivity contribution in [2.45, 2.75) is 13.0 Å². The molecule has 0 aliphatic carbocycles. The molecule has 2 heterocycles. The Labute approximate surface area is 142 Å². The number of imidazole rings is 1. The highest BCUT2D eigenvalue weighted by Crippen LogP contribution is 2.36. The minimum absolute atomic E-state index is 0.239. The first-order valence-electron chi connectivity index (χ1n) is 7.01. The van der Waals surface area contributed by atoms with E-state index in [0.29, 0.717) is 33.1 Å². The molecule has 0 amide bonds. The van der Waals surface area contributed by atoms with Gasteiger partial charge in [-0.05, 0) is 25.1 Å². The van der Waals surface area contributed by atoms with E-state index in [0.717, 1.165) is 11.0 Å². The Balaban J connectivity index is 1.63. The molecule has 0 saturated heterocycles. The zero-order valence-corrected chi connectivity index (χ0v) is 13.6. The zero-order valence-electron chi connectivity index (χ0n) is 12.1. The van der Waals surface area contributed by atoms with Gasteiger partial charge in [-0.25, -0.2) is 4.98 Å². The third kappa shape index (κ3) is 2.66. The molecule has 0 fully saturated rings. The molecule has 1 aromatic heterocycles. The number of hydrogen-bond donors (Lipinski definition) is 1. The Morgan fingerprint density at radius 2 is 1.96 bits per heavy atom. The Bertz CT molecular complexity index is 853. The van der Waals surface area contributed by atoms with Crippen molar-refractivity contribution in [2.24, 2.45) is 0 Å². The second kappa shape index (κ2) is 5.51. The SMILES string of the molecule is CC(Oc1ccc(Cl)cc1Cl)c1nc2cc3c(cc2[nH]1)OCO3. The Morgan fingerprint density at radius 1 is 1.17 bits per heavy atom. The van der Waals surface area contributed by atoms with Crippen LogP contribution in [0.5, 0.6) is 17.2 Å². The number of nitrogens with one attached hydrogen (secondary N) is 1. The van der Waals surface area contributed by atoms with Crippen molar-refractivity contribution in [3.8, 4) is 17.2 Å². The topological polar surface area (TPSA) is 56.4 Å². The first-order chi connectivity index (χ1) is 11.1. The summed E-state index contributed by atoms with van der Waals surface area (Å²) in [6.07, 6.45) is -0.308. The molecule has 0 saturated carbocycles. The quantitative estimate of drug-likeness (QED) is 0.741. The molecule has 1 unspecified atom stereocenters. The van der Waals surface area contributed by atoms with Gasteiger partial charge in [-0.2, -0.15) is 0 Å². The number of aromatic amines is 1. The van der Waals surface area contributed by atoms with Crippen LogP contribution >= 0.6 is 23.2 Å². The van der Waals surface area contributed by atoms with Crippen molar-refractivity contribution in [3.05, 3.63) is 46.2 Å². The Hall–Kier alpha value is -2.11. The van der Waals surface area contributed by atoms with Gasteiger partial charge in [0.25, 0.3) is 0 Å². The Kier molecular flexibility index (Phi) is 3.47. The average molecular weight is 351 g/mol. The highest BCUT2D eigenvalue weighted by atomic mass is 35.5.